The smallest absolute Gasteiger partial charge is 0.337 e. The Balaban J connectivity index is 2.09. The molecule has 0 aromatic heterocycles. The van der Waals surface area contributed by atoms with Crippen molar-refractivity contribution in [1.82, 2.24) is 0 Å². The van der Waals surface area contributed by atoms with Crippen LogP contribution in [0.3, 0.4) is 0 Å². The van der Waals surface area contributed by atoms with Crippen LogP contribution in [-0.4, -0.2) is 28.3 Å². The van der Waals surface area contributed by atoms with Gasteiger partial charge in [-0.1, -0.05) is 31.7 Å². The van der Waals surface area contributed by atoms with Crippen molar-refractivity contribution in [2.24, 2.45) is 0 Å². The van der Waals surface area contributed by atoms with Crippen LogP contribution in [0.25, 0.3) is 0 Å². The Morgan fingerprint density at radius 2 is 1.90 bits per heavy atom. The minimum absolute atomic E-state index is 0.257. The predicted octanol–water partition coefficient (Wildman–Crippen LogP) is 3.19. The van der Waals surface area contributed by atoms with Gasteiger partial charge in [0.25, 0.3) is 0 Å². The highest BCUT2D eigenvalue weighted by Gasteiger charge is 2.28. The fourth-order valence-corrected chi connectivity index (χ4v) is 2.81. The first-order valence-electron chi connectivity index (χ1n) is 7.30. The molecule has 2 rings (SSSR count). The zero-order valence-corrected chi connectivity index (χ0v) is 12.0. The van der Waals surface area contributed by atoms with Gasteiger partial charge in [0.1, 0.15) is 0 Å². The van der Waals surface area contributed by atoms with Crippen molar-refractivity contribution in [3.63, 3.8) is 0 Å². The van der Waals surface area contributed by atoms with Crippen LogP contribution in [-0.2, 0) is 0 Å². The van der Waals surface area contributed by atoms with Gasteiger partial charge >= 0.3 is 5.97 Å². The van der Waals surface area contributed by atoms with Crippen molar-refractivity contribution >= 4 is 11.7 Å². The van der Waals surface area contributed by atoms with Crippen molar-refractivity contribution in [3.8, 4) is 0 Å². The highest BCUT2D eigenvalue weighted by atomic mass is 16.4. The lowest BCUT2D eigenvalue weighted by molar-refractivity contribution is 0.0380. The van der Waals surface area contributed by atoms with E-state index >= 15 is 0 Å². The van der Waals surface area contributed by atoms with Gasteiger partial charge in [-0.2, -0.15) is 0 Å². The summed E-state index contributed by atoms with van der Waals surface area (Å²) < 4.78 is 0. The highest BCUT2D eigenvalue weighted by molar-refractivity contribution is 5.94. The van der Waals surface area contributed by atoms with Crippen LogP contribution in [0.4, 0.5) is 5.69 Å². The third kappa shape index (κ3) is 3.73. The topological polar surface area (TPSA) is 69.6 Å². The van der Waals surface area contributed by atoms with Crippen LogP contribution in [0, 0.1) is 6.92 Å². The quantitative estimate of drug-likeness (QED) is 0.739. The number of carbonyl (C=O) groups is 1. The van der Waals surface area contributed by atoms with Gasteiger partial charge in [0.15, 0.2) is 0 Å². The number of aromatic carboxylic acids is 1. The SMILES string of the molecule is Cc1ccc(C(=O)O)c(NCC2(O)CCCCCC2)c1. The fourth-order valence-electron chi connectivity index (χ4n) is 2.81. The molecule has 1 aromatic rings. The summed E-state index contributed by atoms with van der Waals surface area (Å²) in [6.45, 7) is 2.34. The number of benzene rings is 1. The Morgan fingerprint density at radius 1 is 1.25 bits per heavy atom. The Kier molecular flexibility index (Phi) is 4.65. The van der Waals surface area contributed by atoms with Crippen LogP contribution < -0.4 is 5.32 Å². The molecule has 0 amide bonds. The Bertz CT molecular complexity index is 477. The van der Waals surface area contributed by atoms with Gasteiger partial charge in [-0.05, 0) is 37.5 Å². The summed E-state index contributed by atoms with van der Waals surface area (Å²) in [6, 6.07) is 5.22. The van der Waals surface area contributed by atoms with E-state index in [9.17, 15) is 15.0 Å². The van der Waals surface area contributed by atoms with Gasteiger partial charge in [0, 0.05) is 12.2 Å². The number of hydrogen-bond acceptors (Lipinski definition) is 3. The molecule has 1 saturated carbocycles. The second-order valence-corrected chi connectivity index (χ2v) is 5.85. The second-order valence-electron chi connectivity index (χ2n) is 5.85. The third-order valence-electron chi connectivity index (χ3n) is 4.05. The lowest BCUT2D eigenvalue weighted by Crippen LogP contribution is -2.36. The first kappa shape index (κ1) is 14.9. The molecule has 1 aromatic carbocycles. The lowest BCUT2D eigenvalue weighted by atomic mass is 9.94. The molecule has 4 nitrogen and oxygen atoms in total. The molecule has 4 heteroatoms. The van der Waals surface area contributed by atoms with Gasteiger partial charge in [-0.3, -0.25) is 0 Å². The van der Waals surface area contributed by atoms with E-state index in [1.807, 2.05) is 13.0 Å². The second kappa shape index (κ2) is 6.27. The van der Waals surface area contributed by atoms with Crippen molar-refractivity contribution in [2.45, 2.75) is 51.0 Å². The minimum Gasteiger partial charge on any atom is -0.478 e. The molecule has 0 saturated heterocycles. The first-order valence-corrected chi connectivity index (χ1v) is 7.30. The van der Waals surface area contributed by atoms with E-state index < -0.39 is 11.6 Å². The summed E-state index contributed by atoms with van der Waals surface area (Å²) in [6.07, 6.45) is 6.00. The van der Waals surface area contributed by atoms with E-state index in [1.54, 1.807) is 12.1 Å². The van der Waals surface area contributed by atoms with E-state index in [0.717, 1.165) is 31.2 Å². The van der Waals surface area contributed by atoms with E-state index in [1.165, 1.54) is 12.8 Å². The number of aliphatic hydroxyl groups is 1. The van der Waals surface area contributed by atoms with Crippen LogP contribution in [0.1, 0.15) is 54.4 Å². The van der Waals surface area contributed by atoms with Crippen molar-refractivity contribution in [3.05, 3.63) is 29.3 Å². The molecule has 20 heavy (non-hydrogen) atoms. The van der Waals surface area contributed by atoms with E-state index in [0.29, 0.717) is 12.2 Å². The predicted molar refractivity (Wildman–Crippen MR) is 79.3 cm³/mol. The van der Waals surface area contributed by atoms with Crippen LogP contribution in [0.15, 0.2) is 18.2 Å². The molecule has 0 aliphatic heterocycles. The number of carboxylic acids is 1. The summed E-state index contributed by atoms with van der Waals surface area (Å²) >= 11 is 0. The molecule has 3 N–H and O–H groups in total. The van der Waals surface area contributed by atoms with E-state index in [-0.39, 0.29) is 5.56 Å². The molecule has 0 spiro atoms. The van der Waals surface area contributed by atoms with Crippen LogP contribution in [0.5, 0.6) is 0 Å². The van der Waals surface area contributed by atoms with Gasteiger partial charge in [0.2, 0.25) is 0 Å². The van der Waals surface area contributed by atoms with Crippen LogP contribution >= 0.6 is 0 Å². The Labute approximate surface area is 119 Å². The molecule has 1 fully saturated rings. The summed E-state index contributed by atoms with van der Waals surface area (Å²) in [4.78, 5) is 11.2. The van der Waals surface area contributed by atoms with E-state index in [2.05, 4.69) is 5.32 Å². The van der Waals surface area contributed by atoms with Gasteiger partial charge in [0.05, 0.1) is 11.2 Å². The molecule has 0 bridgehead atoms. The van der Waals surface area contributed by atoms with Crippen LogP contribution in [0.2, 0.25) is 0 Å². The number of hydrogen-bond donors (Lipinski definition) is 3. The largest absolute Gasteiger partial charge is 0.478 e. The molecule has 110 valence electrons. The maximum Gasteiger partial charge on any atom is 0.337 e. The number of nitrogens with one attached hydrogen (secondary N) is 1. The molecular formula is C16H23NO3. The third-order valence-corrected chi connectivity index (χ3v) is 4.05. The molecule has 0 radical (unpaired) electrons. The number of carboxylic acid groups (broad SMARTS) is 1. The molecule has 0 unspecified atom stereocenters. The zero-order chi connectivity index (χ0) is 14.6. The Hall–Kier alpha value is -1.55. The number of anilines is 1. The normalized spacial score (nSPS) is 18.3. The fraction of sp³-hybridized carbons (Fsp3) is 0.562. The molecular weight excluding hydrogens is 254 g/mol. The Morgan fingerprint density at radius 3 is 2.50 bits per heavy atom. The highest BCUT2D eigenvalue weighted by Crippen LogP contribution is 2.28. The number of aryl methyl sites for hydroxylation is 1. The van der Waals surface area contributed by atoms with Crippen molar-refractivity contribution < 1.29 is 15.0 Å². The summed E-state index contributed by atoms with van der Waals surface area (Å²) in [7, 11) is 0. The number of rotatable bonds is 4. The average Bonchev–Trinajstić information content (AvgIpc) is 2.62. The summed E-state index contributed by atoms with van der Waals surface area (Å²) in [5.41, 5.74) is 1.14. The molecule has 0 heterocycles. The first-order chi connectivity index (χ1) is 9.50. The maximum atomic E-state index is 11.2. The molecule has 0 atom stereocenters. The summed E-state index contributed by atoms with van der Waals surface area (Å²) in [5, 5.41) is 22.9. The van der Waals surface area contributed by atoms with Crippen molar-refractivity contribution in [2.75, 3.05) is 11.9 Å². The average molecular weight is 277 g/mol. The molecule has 1 aliphatic rings. The monoisotopic (exact) mass is 277 g/mol. The zero-order valence-electron chi connectivity index (χ0n) is 12.0. The van der Waals surface area contributed by atoms with E-state index in [4.69, 9.17) is 0 Å². The van der Waals surface area contributed by atoms with Gasteiger partial charge in [-0.25, -0.2) is 4.79 Å². The summed E-state index contributed by atoms with van der Waals surface area (Å²) in [5.74, 6) is -0.944. The molecule has 1 aliphatic carbocycles. The lowest BCUT2D eigenvalue weighted by Gasteiger charge is -2.27. The van der Waals surface area contributed by atoms with Crippen molar-refractivity contribution in [1.29, 1.82) is 0 Å². The van der Waals surface area contributed by atoms with Gasteiger partial charge < -0.3 is 15.5 Å². The standard InChI is InChI=1S/C16H23NO3/c1-12-6-7-13(15(18)19)14(10-12)17-11-16(20)8-4-2-3-5-9-16/h6-7,10,17,20H,2-5,8-9,11H2,1H3,(H,18,19). The minimum atomic E-state index is -0.944. The van der Waals surface area contributed by atoms with Gasteiger partial charge in [-0.15, -0.1) is 0 Å². The maximum absolute atomic E-state index is 11.2.